The number of aromatic amines is 1. The topological polar surface area (TPSA) is 97.0 Å². The third-order valence-corrected chi connectivity index (χ3v) is 6.07. The number of carbonyl (C=O) groups is 2. The summed E-state index contributed by atoms with van der Waals surface area (Å²) in [6.45, 7) is 0.381. The standard InChI is InChI=1S/C27H21ClN4O3/c1-35-27(34)25-7-4-19-9-16(2-5-23(19)32-25)8-18-10-20(14-29-12-18)26(33)31-13-17-3-6-24-21(11-17)22(28)15-30-24/h2-7,9-12,14-15,30H,8,13H2,1H3,(H,31,33). The summed E-state index contributed by atoms with van der Waals surface area (Å²) in [5.74, 6) is -0.663. The van der Waals surface area contributed by atoms with E-state index in [4.69, 9.17) is 16.3 Å². The Morgan fingerprint density at radius 2 is 1.86 bits per heavy atom. The fourth-order valence-electron chi connectivity index (χ4n) is 3.98. The van der Waals surface area contributed by atoms with Crippen molar-refractivity contribution in [1.29, 1.82) is 0 Å². The van der Waals surface area contributed by atoms with Crippen molar-refractivity contribution < 1.29 is 14.3 Å². The van der Waals surface area contributed by atoms with Crippen LogP contribution in [0.4, 0.5) is 0 Å². The van der Waals surface area contributed by atoms with Crippen LogP contribution in [-0.2, 0) is 17.7 Å². The van der Waals surface area contributed by atoms with Crippen molar-refractivity contribution in [2.45, 2.75) is 13.0 Å². The van der Waals surface area contributed by atoms with Crippen molar-refractivity contribution in [3.63, 3.8) is 0 Å². The molecular formula is C27H21ClN4O3. The Labute approximate surface area is 206 Å². The van der Waals surface area contributed by atoms with Crippen molar-refractivity contribution in [1.82, 2.24) is 20.3 Å². The van der Waals surface area contributed by atoms with Gasteiger partial charge in [0.2, 0.25) is 0 Å². The van der Waals surface area contributed by atoms with Crippen LogP contribution in [0, 0.1) is 0 Å². The summed E-state index contributed by atoms with van der Waals surface area (Å²) in [7, 11) is 1.33. The fraction of sp³-hybridized carbons (Fsp3) is 0.111. The first-order valence-electron chi connectivity index (χ1n) is 11.0. The van der Waals surface area contributed by atoms with Gasteiger partial charge in [0.05, 0.1) is 23.2 Å². The number of fused-ring (bicyclic) bond motifs is 2. The summed E-state index contributed by atoms with van der Waals surface area (Å²) >= 11 is 6.20. The maximum absolute atomic E-state index is 12.8. The monoisotopic (exact) mass is 484 g/mol. The molecule has 0 unspecified atom stereocenters. The van der Waals surface area contributed by atoms with Gasteiger partial charge >= 0.3 is 5.97 Å². The first kappa shape index (κ1) is 22.6. The van der Waals surface area contributed by atoms with E-state index >= 15 is 0 Å². The van der Waals surface area contributed by atoms with Gasteiger partial charge in [0.1, 0.15) is 5.69 Å². The zero-order valence-corrected chi connectivity index (χ0v) is 19.6. The van der Waals surface area contributed by atoms with Crippen molar-refractivity contribution in [2.75, 3.05) is 7.11 Å². The number of rotatable bonds is 6. The molecule has 2 aromatic carbocycles. The zero-order valence-electron chi connectivity index (χ0n) is 18.8. The Morgan fingerprint density at radius 3 is 2.71 bits per heavy atom. The largest absolute Gasteiger partial charge is 0.464 e. The van der Waals surface area contributed by atoms with Crippen molar-refractivity contribution >= 4 is 45.3 Å². The summed E-state index contributed by atoms with van der Waals surface area (Å²) in [4.78, 5) is 36.2. The highest BCUT2D eigenvalue weighted by atomic mass is 35.5. The van der Waals surface area contributed by atoms with Crippen molar-refractivity contribution in [3.8, 4) is 0 Å². The number of hydrogen-bond acceptors (Lipinski definition) is 5. The van der Waals surface area contributed by atoms with Gasteiger partial charge in [-0.25, -0.2) is 9.78 Å². The number of carbonyl (C=O) groups excluding carboxylic acids is 2. The maximum Gasteiger partial charge on any atom is 0.356 e. The van der Waals surface area contributed by atoms with Crippen LogP contribution in [0.2, 0.25) is 5.02 Å². The SMILES string of the molecule is COC(=O)c1ccc2cc(Cc3cncc(C(=O)NCc4ccc5[nH]cc(Cl)c5c4)c3)ccc2n1. The third kappa shape index (κ3) is 4.85. The minimum absolute atomic E-state index is 0.197. The summed E-state index contributed by atoms with van der Waals surface area (Å²) < 4.78 is 4.73. The van der Waals surface area contributed by atoms with Gasteiger partial charge in [-0.1, -0.05) is 29.8 Å². The minimum Gasteiger partial charge on any atom is -0.464 e. The molecule has 5 rings (SSSR count). The number of benzene rings is 2. The van der Waals surface area contributed by atoms with E-state index in [2.05, 4.69) is 20.3 Å². The number of amides is 1. The second-order valence-corrected chi connectivity index (χ2v) is 8.58. The number of aromatic nitrogens is 3. The maximum atomic E-state index is 12.8. The number of halogens is 1. The molecule has 0 saturated heterocycles. The van der Waals surface area contributed by atoms with Crippen LogP contribution >= 0.6 is 11.6 Å². The molecule has 0 aliphatic rings. The normalized spacial score (nSPS) is 11.0. The number of pyridine rings is 2. The van der Waals surface area contributed by atoms with E-state index in [0.29, 0.717) is 29.1 Å². The number of ether oxygens (including phenoxy) is 1. The quantitative estimate of drug-likeness (QED) is 0.328. The second kappa shape index (κ2) is 9.56. The van der Waals surface area contributed by atoms with E-state index in [1.54, 1.807) is 24.7 Å². The van der Waals surface area contributed by atoms with E-state index in [9.17, 15) is 9.59 Å². The van der Waals surface area contributed by atoms with Gasteiger partial charge in [0.25, 0.3) is 5.91 Å². The average Bonchev–Trinajstić information content (AvgIpc) is 3.26. The van der Waals surface area contributed by atoms with Gasteiger partial charge in [-0.2, -0.15) is 0 Å². The number of nitrogens with zero attached hydrogens (tertiary/aromatic N) is 2. The molecule has 0 radical (unpaired) electrons. The first-order chi connectivity index (χ1) is 17.0. The highest BCUT2D eigenvalue weighted by Crippen LogP contribution is 2.24. The average molecular weight is 485 g/mol. The molecule has 7 nitrogen and oxygen atoms in total. The number of methoxy groups -OCH3 is 1. The zero-order chi connectivity index (χ0) is 24.4. The predicted octanol–water partition coefficient (Wildman–Crippen LogP) is 5.07. The molecule has 174 valence electrons. The molecule has 2 N–H and O–H groups in total. The molecule has 1 amide bonds. The molecule has 0 saturated carbocycles. The lowest BCUT2D eigenvalue weighted by Gasteiger charge is -2.08. The van der Waals surface area contributed by atoms with Crippen molar-refractivity contribution in [2.24, 2.45) is 0 Å². The lowest BCUT2D eigenvalue weighted by molar-refractivity contribution is 0.0594. The van der Waals surface area contributed by atoms with Gasteiger partial charge in [-0.15, -0.1) is 0 Å². The Hall–Kier alpha value is -4.23. The highest BCUT2D eigenvalue weighted by molar-refractivity contribution is 6.35. The van der Waals surface area contributed by atoms with Crippen LogP contribution in [0.3, 0.4) is 0 Å². The summed E-state index contributed by atoms with van der Waals surface area (Å²) in [5.41, 5.74) is 5.34. The molecule has 0 atom stereocenters. The molecule has 3 heterocycles. The van der Waals surface area contributed by atoms with E-state index in [0.717, 1.165) is 33.0 Å². The molecule has 0 aliphatic heterocycles. The van der Waals surface area contributed by atoms with Gasteiger partial charge < -0.3 is 15.0 Å². The fourth-order valence-corrected chi connectivity index (χ4v) is 4.19. The van der Waals surface area contributed by atoms with Crippen LogP contribution in [0.15, 0.2) is 73.2 Å². The van der Waals surface area contributed by atoms with Gasteiger partial charge in [-0.3, -0.25) is 9.78 Å². The van der Waals surface area contributed by atoms with Crippen LogP contribution in [0.25, 0.3) is 21.8 Å². The number of H-pyrrole nitrogens is 1. The summed E-state index contributed by atoms with van der Waals surface area (Å²) in [6.07, 6.45) is 5.66. The van der Waals surface area contributed by atoms with Crippen LogP contribution in [0.5, 0.6) is 0 Å². The predicted molar refractivity (Wildman–Crippen MR) is 135 cm³/mol. The summed E-state index contributed by atoms with van der Waals surface area (Å²) in [6, 6.07) is 17.0. The molecular weight excluding hydrogens is 464 g/mol. The third-order valence-electron chi connectivity index (χ3n) is 5.76. The van der Waals surface area contributed by atoms with E-state index in [-0.39, 0.29) is 11.6 Å². The lowest BCUT2D eigenvalue weighted by Crippen LogP contribution is -2.23. The molecule has 3 aromatic heterocycles. The van der Waals surface area contributed by atoms with Gasteiger partial charge in [-0.05, 0) is 59.5 Å². The van der Waals surface area contributed by atoms with Gasteiger partial charge in [0, 0.05) is 41.4 Å². The Kier molecular flexibility index (Phi) is 6.16. The molecule has 0 spiro atoms. The molecule has 0 bridgehead atoms. The molecule has 5 aromatic rings. The molecule has 8 heteroatoms. The van der Waals surface area contributed by atoms with E-state index < -0.39 is 5.97 Å². The Morgan fingerprint density at radius 1 is 1.00 bits per heavy atom. The molecule has 35 heavy (non-hydrogen) atoms. The smallest absolute Gasteiger partial charge is 0.356 e. The summed E-state index contributed by atoms with van der Waals surface area (Å²) in [5, 5.41) is 5.44. The minimum atomic E-state index is -0.467. The molecule has 0 aliphatic carbocycles. The number of nitrogens with one attached hydrogen (secondary N) is 2. The lowest BCUT2D eigenvalue weighted by atomic mass is 10.0. The van der Waals surface area contributed by atoms with Crippen LogP contribution < -0.4 is 5.32 Å². The van der Waals surface area contributed by atoms with Crippen LogP contribution in [0.1, 0.15) is 37.5 Å². The Bertz CT molecular complexity index is 1580. The number of hydrogen-bond donors (Lipinski definition) is 2. The van der Waals surface area contributed by atoms with E-state index in [1.165, 1.54) is 7.11 Å². The number of esters is 1. The molecule has 0 fully saturated rings. The van der Waals surface area contributed by atoms with E-state index in [1.807, 2.05) is 48.5 Å². The first-order valence-corrected chi connectivity index (χ1v) is 11.3. The van der Waals surface area contributed by atoms with Gasteiger partial charge in [0.15, 0.2) is 0 Å². The Balaban J connectivity index is 1.28. The van der Waals surface area contributed by atoms with Crippen LogP contribution in [-0.4, -0.2) is 33.9 Å². The second-order valence-electron chi connectivity index (χ2n) is 8.17. The highest BCUT2D eigenvalue weighted by Gasteiger charge is 2.11. The van der Waals surface area contributed by atoms with Crippen molar-refractivity contribution in [3.05, 3.63) is 106 Å².